The zero-order valence-corrected chi connectivity index (χ0v) is 18.7. The van der Waals surface area contributed by atoms with E-state index in [9.17, 15) is 9.59 Å². The molecule has 6 nitrogen and oxygen atoms in total. The minimum atomic E-state index is -0.108. The number of ether oxygens (including phenoxy) is 1. The van der Waals surface area contributed by atoms with Crippen LogP contribution < -0.4 is 14.5 Å². The van der Waals surface area contributed by atoms with Crippen LogP contribution in [0.2, 0.25) is 0 Å². The van der Waals surface area contributed by atoms with E-state index in [-0.39, 0.29) is 11.7 Å². The van der Waals surface area contributed by atoms with Gasteiger partial charge in [-0.15, -0.1) is 0 Å². The summed E-state index contributed by atoms with van der Waals surface area (Å²) < 4.78 is 6.58. The smallest absolute Gasteiger partial charge is 0.260 e. The van der Waals surface area contributed by atoms with Crippen molar-refractivity contribution in [2.24, 2.45) is 0 Å². The van der Waals surface area contributed by atoms with Gasteiger partial charge in [0, 0.05) is 24.1 Å². The number of thiazole rings is 1. The van der Waals surface area contributed by atoms with Gasteiger partial charge in [-0.1, -0.05) is 23.5 Å². The molecule has 0 saturated carbocycles. The van der Waals surface area contributed by atoms with Crippen molar-refractivity contribution < 1.29 is 19.2 Å². The molecule has 0 aliphatic rings. The minimum absolute atomic E-state index is 0.0175. The highest BCUT2D eigenvalue weighted by Gasteiger charge is 2.22. The van der Waals surface area contributed by atoms with E-state index in [0.29, 0.717) is 29.4 Å². The number of nitrogens with zero attached hydrogens (tertiary/aromatic N) is 2. The average Bonchev–Trinajstić information content (AvgIpc) is 3.14. The number of ketones is 1. The fourth-order valence-electron chi connectivity index (χ4n) is 3.14. The maximum absolute atomic E-state index is 13.3. The van der Waals surface area contributed by atoms with E-state index in [1.165, 1.54) is 23.2 Å². The first-order valence-electron chi connectivity index (χ1n) is 10.1. The van der Waals surface area contributed by atoms with Crippen LogP contribution in [0.25, 0.3) is 10.2 Å². The molecule has 3 aromatic rings. The van der Waals surface area contributed by atoms with Crippen LogP contribution in [0.4, 0.5) is 5.13 Å². The Morgan fingerprint density at radius 1 is 1.10 bits per heavy atom. The lowest BCUT2D eigenvalue weighted by Gasteiger charge is -2.20. The number of benzene rings is 2. The zero-order chi connectivity index (χ0) is 21.7. The SMILES string of the molecule is CCOc1ccc2nc(N(CCC[NH+](C)C)C(=O)c3ccc(C(C)=O)cc3)sc2c1. The second-order valence-corrected chi connectivity index (χ2v) is 8.47. The number of carbonyl (C=O) groups is 2. The molecule has 0 bridgehead atoms. The van der Waals surface area contributed by atoms with E-state index in [1.807, 2.05) is 25.1 Å². The number of carbonyl (C=O) groups excluding carboxylic acids is 2. The highest BCUT2D eigenvalue weighted by atomic mass is 32.1. The summed E-state index contributed by atoms with van der Waals surface area (Å²) in [5.74, 6) is 0.674. The van der Waals surface area contributed by atoms with Gasteiger partial charge in [-0.25, -0.2) is 4.98 Å². The molecule has 0 unspecified atom stereocenters. The monoisotopic (exact) mass is 426 g/mol. The quantitative estimate of drug-likeness (QED) is 0.534. The third-order valence-corrected chi connectivity index (χ3v) is 5.77. The largest absolute Gasteiger partial charge is 0.494 e. The summed E-state index contributed by atoms with van der Waals surface area (Å²) in [5, 5.41) is 0.674. The number of nitrogens with one attached hydrogen (secondary N) is 1. The number of hydrogen-bond acceptors (Lipinski definition) is 5. The summed E-state index contributed by atoms with van der Waals surface area (Å²) in [5.41, 5.74) is 1.99. The number of aromatic nitrogens is 1. The molecule has 158 valence electrons. The lowest BCUT2D eigenvalue weighted by molar-refractivity contribution is -0.858. The third-order valence-electron chi connectivity index (χ3n) is 4.73. The van der Waals surface area contributed by atoms with Crippen LogP contribution >= 0.6 is 11.3 Å². The summed E-state index contributed by atoms with van der Waals surface area (Å²) in [6.07, 6.45) is 0.861. The number of anilines is 1. The maximum atomic E-state index is 13.3. The second kappa shape index (κ2) is 9.82. The minimum Gasteiger partial charge on any atom is -0.494 e. The summed E-state index contributed by atoms with van der Waals surface area (Å²) in [6.45, 7) is 5.60. The molecule has 3 rings (SSSR count). The maximum Gasteiger partial charge on any atom is 0.260 e. The Morgan fingerprint density at radius 3 is 2.43 bits per heavy atom. The van der Waals surface area contributed by atoms with Crippen LogP contribution in [-0.2, 0) is 0 Å². The molecular formula is C23H28N3O3S+. The van der Waals surface area contributed by atoms with Gasteiger partial charge in [0.15, 0.2) is 10.9 Å². The molecule has 0 radical (unpaired) electrons. The Hall–Kier alpha value is -2.77. The number of Topliss-reactive ketones (excluding diaryl/α,β-unsaturated/α-hetero) is 1. The molecule has 0 spiro atoms. The van der Waals surface area contributed by atoms with Crippen molar-refractivity contribution in [1.29, 1.82) is 0 Å². The first kappa shape index (κ1) is 21.9. The second-order valence-electron chi connectivity index (χ2n) is 7.46. The van der Waals surface area contributed by atoms with Gasteiger partial charge in [0.1, 0.15) is 5.75 Å². The first-order valence-corrected chi connectivity index (χ1v) is 11.0. The highest BCUT2D eigenvalue weighted by molar-refractivity contribution is 7.22. The van der Waals surface area contributed by atoms with Crippen LogP contribution in [-0.4, -0.2) is 50.5 Å². The van der Waals surface area contributed by atoms with Crippen LogP contribution in [0.1, 0.15) is 41.0 Å². The van der Waals surface area contributed by atoms with Crippen molar-refractivity contribution in [2.45, 2.75) is 20.3 Å². The molecule has 1 heterocycles. The molecule has 0 saturated heterocycles. The standard InChI is InChI=1S/C23H27N3O3S/c1-5-29-19-11-12-20-21(15-19)30-23(24-20)26(14-6-13-25(3)4)22(28)18-9-7-17(8-10-18)16(2)27/h7-12,15H,5-6,13-14H2,1-4H3/p+1. The van der Waals surface area contributed by atoms with Crippen molar-refractivity contribution in [2.75, 3.05) is 38.7 Å². The number of fused-ring (bicyclic) bond motifs is 1. The lowest BCUT2D eigenvalue weighted by Crippen LogP contribution is -3.05. The van der Waals surface area contributed by atoms with E-state index >= 15 is 0 Å². The van der Waals surface area contributed by atoms with Crippen molar-refractivity contribution in [3.63, 3.8) is 0 Å². The molecule has 1 N–H and O–H groups in total. The lowest BCUT2D eigenvalue weighted by atomic mass is 10.1. The summed E-state index contributed by atoms with van der Waals surface area (Å²) >= 11 is 1.49. The Labute approximate surface area is 181 Å². The summed E-state index contributed by atoms with van der Waals surface area (Å²) in [7, 11) is 4.19. The fourth-order valence-corrected chi connectivity index (χ4v) is 4.16. The van der Waals surface area contributed by atoms with Crippen LogP contribution in [0.15, 0.2) is 42.5 Å². The molecule has 7 heteroatoms. The fraction of sp³-hybridized carbons (Fsp3) is 0.348. The Bertz CT molecular complexity index is 1030. The summed E-state index contributed by atoms with van der Waals surface area (Å²) in [4.78, 5) is 32.7. The first-order chi connectivity index (χ1) is 14.4. The zero-order valence-electron chi connectivity index (χ0n) is 17.9. The Morgan fingerprint density at radius 2 is 1.80 bits per heavy atom. The topological polar surface area (TPSA) is 63.9 Å². The normalized spacial score (nSPS) is 11.1. The van der Waals surface area contributed by atoms with E-state index in [4.69, 9.17) is 9.72 Å². The molecule has 0 atom stereocenters. The van der Waals surface area contributed by atoms with Crippen molar-refractivity contribution in [1.82, 2.24) is 4.98 Å². The molecular weight excluding hydrogens is 398 g/mol. The van der Waals surface area contributed by atoms with Gasteiger partial charge < -0.3 is 9.64 Å². The van der Waals surface area contributed by atoms with Gasteiger partial charge in [0.2, 0.25) is 0 Å². The predicted octanol–water partition coefficient (Wildman–Crippen LogP) is 3.08. The van der Waals surface area contributed by atoms with Crippen LogP contribution in [0.5, 0.6) is 5.75 Å². The number of rotatable bonds is 9. The van der Waals surface area contributed by atoms with Gasteiger partial charge in [0.25, 0.3) is 5.91 Å². The Kier molecular flexibility index (Phi) is 7.18. The van der Waals surface area contributed by atoms with Crippen LogP contribution in [0, 0.1) is 0 Å². The molecule has 0 aliphatic carbocycles. The molecule has 1 amide bonds. The third kappa shape index (κ3) is 5.23. The number of hydrogen-bond donors (Lipinski definition) is 1. The molecule has 30 heavy (non-hydrogen) atoms. The van der Waals surface area contributed by atoms with Gasteiger partial charge >= 0.3 is 0 Å². The van der Waals surface area contributed by atoms with E-state index in [2.05, 4.69) is 14.1 Å². The number of amides is 1. The van der Waals surface area contributed by atoms with Crippen LogP contribution in [0.3, 0.4) is 0 Å². The number of quaternary nitrogens is 1. The van der Waals surface area contributed by atoms with E-state index < -0.39 is 0 Å². The van der Waals surface area contributed by atoms with Crippen molar-refractivity contribution >= 4 is 38.4 Å². The highest BCUT2D eigenvalue weighted by Crippen LogP contribution is 2.32. The van der Waals surface area contributed by atoms with E-state index in [0.717, 1.165) is 28.9 Å². The predicted molar refractivity (Wildman–Crippen MR) is 121 cm³/mol. The summed E-state index contributed by atoms with van der Waals surface area (Å²) in [6, 6.07) is 12.6. The molecule has 2 aromatic carbocycles. The Balaban J connectivity index is 1.92. The molecule has 0 aliphatic heterocycles. The van der Waals surface area contributed by atoms with Gasteiger partial charge in [-0.3, -0.25) is 14.5 Å². The average molecular weight is 427 g/mol. The van der Waals surface area contributed by atoms with Gasteiger partial charge in [-0.2, -0.15) is 0 Å². The molecule has 0 fully saturated rings. The van der Waals surface area contributed by atoms with Gasteiger partial charge in [0.05, 0.1) is 37.5 Å². The van der Waals surface area contributed by atoms with Crippen molar-refractivity contribution in [3.05, 3.63) is 53.6 Å². The van der Waals surface area contributed by atoms with Crippen molar-refractivity contribution in [3.8, 4) is 5.75 Å². The van der Waals surface area contributed by atoms with E-state index in [1.54, 1.807) is 29.2 Å². The van der Waals surface area contributed by atoms with Gasteiger partial charge in [-0.05, 0) is 44.2 Å². The molecule has 1 aromatic heterocycles.